The van der Waals surface area contributed by atoms with Crippen molar-refractivity contribution >= 4 is 16.8 Å². The molecule has 0 spiro atoms. The zero-order valence-corrected chi connectivity index (χ0v) is 11.9. The van der Waals surface area contributed by atoms with Gasteiger partial charge in [-0.3, -0.25) is 9.89 Å². The van der Waals surface area contributed by atoms with Crippen LogP contribution in [-0.2, 0) is 0 Å². The number of amides is 1. The van der Waals surface area contributed by atoms with Crippen LogP contribution in [0.25, 0.3) is 10.9 Å². The Hall–Kier alpha value is -1.84. The molecule has 4 nitrogen and oxygen atoms in total. The number of rotatable bonds is 3. The first-order valence-corrected chi connectivity index (χ1v) is 7.42. The van der Waals surface area contributed by atoms with Crippen molar-refractivity contribution in [1.29, 1.82) is 0 Å². The van der Waals surface area contributed by atoms with Gasteiger partial charge in [0.15, 0.2) is 0 Å². The Balaban J connectivity index is 1.70. The van der Waals surface area contributed by atoms with Crippen LogP contribution in [0.1, 0.15) is 42.5 Å². The number of carbonyl (C=O) groups excluding carboxylic acids is 1. The summed E-state index contributed by atoms with van der Waals surface area (Å²) in [6.07, 6.45) is 8.27. The number of aromatic nitrogens is 2. The van der Waals surface area contributed by atoms with Crippen LogP contribution in [0.4, 0.5) is 0 Å². The smallest absolute Gasteiger partial charge is 0.253 e. The van der Waals surface area contributed by atoms with E-state index >= 15 is 0 Å². The van der Waals surface area contributed by atoms with E-state index in [2.05, 4.69) is 10.2 Å². The molecule has 2 aromatic rings. The SMILES string of the molecule is CN(CC1CCCCC1)C(=O)c1ccc2cn[nH]c2c1. The fourth-order valence-corrected chi connectivity index (χ4v) is 3.13. The zero-order chi connectivity index (χ0) is 13.9. The lowest BCUT2D eigenvalue weighted by atomic mass is 9.89. The van der Waals surface area contributed by atoms with E-state index in [-0.39, 0.29) is 5.91 Å². The fraction of sp³-hybridized carbons (Fsp3) is 0.500. The molecule has 1 saturated carbocycles. The van der Waals surface area contributed by atoms with Crippen molar-refractivity contribution in [2.75, 3.05) is 13.6 Å². The molecule has 1 aliphatic carbocycles. The van der Waals surface area contributed by atoms with Gasteiger partial charge < -0.3 is 4.90 Å². The summed E-state index contributed by atoms with van der Waals surface area (Å²) in [5.74, 6) is 0.778. The molecular weight excluding hydrogens is 250 g/mol. The first-order chi connectivity index (χ1) is 9.74. The van der Waals surface area contributed by atoms with Crippen molar-refractivity contribution in [2.24, 2.45) is 5.92 Å². The minimum Gasteiger partial charge on any atom is -0.341 e. The molecule has 1 amide bonds. The summed E-state index contributed by atoms with van der Waals surface area (Å²) in [4.78, 5) is 14.3. The second-order valence-electron chi connectivity index (χ2n) is 5.86. The Kier molecular flexibility index (Phi) is 3.72. The quantitative estimate of drug-likeness (QED) is 0.931. The van der Waals surface area contributed by atoms with E-state index < -0.39 is 0 Å². The average molecular weight is 271 g/mol. The van der Waals surface area contributed by atoms with Crippen molar-refractivity contribution in [3.8, 4) is 0 Å². The number of nitrogens with one attached hydrogen (secondary N) is 1. The topological polar surface area (TPSA) is 49.0 Å². The average Bonchev–Trinajstić information content (AvgIpc) is 2.94. The number of fused-ring (bicyclic) bond motifs is 1. The second kappa shape index (κ2) is 5.65. The summed E-state index contributed by atoms with van der Waals surface area (Å²) < 4.78 is 0. The lowest BCUT2D eigenvalue weighted by molar-refractivity contribution is 0.0760. The van der Waals surface area contributed by atoms with Crippen LogP contribution >= 0.6 is 0 Å². The highest BCUT2D eigenvalue weighted by molar-refractivity contribution is 5.97. The highest BCUT2D eigenvalue weighted by Crippen LogP contribution is 2.24. The van der Waals surface area contributed by atoms with E-state index in [9.17, 15) is 4.79 Å². The number of carbonyl (C=O) groups is 1. The monoisotopic (exact) mass is 271 g/mol. The predicted molar refractivity (Wildman–Crippen MR) is 79.6 cm³/mol. The normalized spacial score (nSPS) is 16.4. The summed E-state index contributed by atoms with van der Waals surface area (Å²) in [5.41, 5.74) is 1.65. The van der Waals surface area contributed by atoms with Crippen LogP contribution in [0.2, 0.25) is 0 Å². The van der Waals surface area contributed by atoms with Gasteiger partial charge in [-0.25, -0.2) is 0 Å². The maximum atomic E-state index is 12.5. The van der Waals surface area contributed by atoms with E-state index in [4.69, 9.17) is 0 Å². The highest BCUT2D eigenvalue weighted by atomic mass is 16.2. The van der Waals surface area contributed by atoms with Gasteiger partial charge in [-0.2, -0.15) is 5.10 Å². The molecule has 0 atom stereocenters. The van der Waals surface area contributed by atoms with E-state index in [0.29, 0.717) is 5.92 Å². The third-order valence-electron chi connectivity index (χ3n) is 4.29. The molecule has 20 heavy (non-hydrogen) atoms. The van der Waals surface area contributed by atoms with E-state index in [0.717, 1.165) is 23.0 Å². The summed E-state index contributed by atoms with van der Waals surface area (Å²) >= 11 is 0. The van der Waals surface area contributed by atoms with Gasteiger partial charge >= 0.3 is 0 Å². The van der Waals surface area contributed by atoms with Gasteiger partial charge in [0.05, 0.1) is 11.7 Å². The van der Waals surface area contributed by atoms with Gasteiger partial charge in [0.2, 0.25) is 0 Å². The number of H-pyrrole nitrogens is 1. The van der Waals surface area contributed by atoms with Crippen LogP contribution in [0.15, 0.2) is 24.4 Å². The Morgan fingerprint density at radius 2 is 2.15 bits per heavy atom. The maximum absolute atomic E-state index is 12.5. The Morgan fingerprint density at radius 3 is 2.95 bits per heavy atom. The van der Waals surface area contributed by atoms with Gasteiger partial charge in [-0.05, 0) is 30.9 Å². The van der Waals surface area contributed by atoms with Crippen molar-refractivity contribution in [1.82, 2.24) is 15.1 Å². The summed E-state index contributed by atoms with van der Waals surface area (Å²) in [5, 5.41) is 7.94. The summed E-state index contributed by atoms with van der Waals surface area (Å²) in [6.45, 7) is 0.875. The predicted octanol–water partition coefficient (Wildman–Crippen LogP) is 3.22. The maximum Gasteiger partial charge on any atom is 0.253 e. The lowest BCUT2D eigenvalue weighted by Crippen LogP contribution is -2.32. The molecule has 1 heterocycles. The molecule has 1 aromatic carbocycles. The van der Waals surface area contributed by atoms with Crippen molar-refractivity contribution < 1.29 is 4.79 Å². The van der Waals surface area contributed by atoms with Crippen LogP contribution in [0.5, 0.6) is 0 Å². The molecule has 106 valence electrons. The second-order valence-corrected chi connectivity index (χ2v) is 5.86. The molecule has 0 unspecified atom stereocenters. The Morgan fingerprint density at radius 1 is 1.35 bits per heavy atom. The molecule has 1 aromatic heterocycles. The van der Waals surface area contributed by atoms with Crippen LogP contribution in [0.3, 0.4) is 0 Å². The number of hydrogen-bond donors (Lipinski definition) is 1. The third-order valence-corrected chi connectivity index (χ3v) is 4.29. The van der Waals surface area contributed by atoms with Crippen molar-refractivity contribution in [3.63, 3.8) is 0 Å². The van der Waals surface area contributed by atoms with Crippen molar-refractivity contribution in [3.05, 3.63) is 30.0 Å². The number of benzene rings is 1. The van der Waals surface area contributed by atoms with E-state index in [1.54, 1.807) is 6.20 Å². The molecule has 0 radical (unpaired) electrons. The Labute approximate surface area is 119 Å². The molecule has 4 heteroatoms. The minimum atomic E-state index is 0.104. The summed E-state index contributed by atoms with van der Waals surface area (Å²) in [6, 6.07) is 5.72. The molecule has 0 bridgehead atoms. The molecule has 0 aliphatic heterocycles. The lowest BCUT2D eigenvalue weighted by Gasteiger charge is -2.27. The molecular formula is C16H21N3O. The van der Waals surface area contributed by atoms with Gasteiger partial charge in [0.25, 0.3) is 5.91 Å². The van der Waals surface area contributed by atoms with E-state index in [1.165, 1.54) is 32.1 Å². The summed E-state index contributed by atoms with van der Waals surface area (Å²) in [7, 11) is 1.91. The highest BCUT2D eigenvalue weighted by Gasteiger charge is 2.19. The van der Waals surface area contributed by atoms with Gasteiger partial charge in [0, 0.05) is 24.5 Å². The molecule has 1 fully saturated rings. The van der Waals surface area contributed by atoms with E-state index in [1.807, 2.05) is 30.1 Å². The van der Waals surface area contributed by atoms with Crippen molar-refractivity contribution in [2.45, 2.75) is 32.1 Å². The Bertz CT molecular complexity index is 599. The van der Waals surface area contributed by atoms with Crippen LogP contribution in [-0.4, -0.2) is 34.6 Å². The van der Waals surface area contributed by atoms with Gasteiger partial charge in [0.1, 0.15) is 0 Å². The van der Waals surface area contributed by atoms with Crippen LogP contribution in [0, 0.1) is 5.92 Å². The fourth-order valence-electron chi connectivity index (χ4n) is 3.13. The van der Waals surface area contributed by atoms with Crippen LogP contribution < -0.4 is 0 Å². The number of hydrogen-bond acceptors (Lipinski definition) is 2. The van der Waals surface area contributed by atoms with Gasteiger partial charge in [-0.1, -0.05) is 25.3 Å². The molecule has 0 saturated heterocycles. The first kappa shape index (κ1) is 13.2. The number of nitrogens with zero attached hydrogens (tertiary/aromatic N) is 2. The third kappa shape index (κ3) is 2.69. The molecule has 3 rings (SSSR count). The number of aromatic amines is 1. The molecule has 1 aliphatic rings. The largest absolute Gasteiger partial charge is 0.341 e. The first-order valence-electron chi connectivity index (χ1n) is 7.42. The van der Waals surface area contributed by atoms with Gasteiger partial charge in [-0.15, -0.1) is 0 Å². The molecule has 1 N–H and O–H groups in total. The zero-order valence-electron chi connectivity index (χ0n) is 11.9. The standard InChI is InChI=1S/C16H21N3O/c1-19(11-12-5-3-2-4-6-12)16(20)13-7-8-14-10-17-18-15(14)9-13/h7-10,12H,2-6,11H2,1H3,(H,17,18). The minimum absolute atomic E-state index is 0.104.